The molecule has 0 aliphatic heterocycles. The summed E-state index contributed by atoms with van der Waals surface area (Å²) in [4.78, 5) is 10.0. The van der Waals surface area contributed by atoms with Crippen molar-refractivity contribution >= 4 is 5.69 Å². The van der Waals surface area contributed by atoms with Crippen LogP contribution in [0.15, 0.2) is 18.2 Å². The van der Waals surface area contributed by atoms with Gasteiger partial charge in [0.1, 0.15) is 6.10 Å². The first-order valence-electron chi connectivity index (χ1n) is 5.19. The maximum Gasteiger partial charge on any atom is 0.269 e. The second-order valence-electron chi connectivity index (χ2n) is 3.82. The zero-order valence-electron chi connectivity index (χ0n) is 9.41. The molecule has 17 heavy (non-hydrogen) atoms. The Hall–Kier alpha value is -1.50. The number of hydrogen-bond acceptors (Lipinski definition) is 5. The zero-order valence-corrected chi connectivity index (χ0v) is 9.41. The van der Waals surface area contributed by atoms with Gasteiger partial charge in [0.05, 0.1) is 11.0 Å². The third-order valence-corrected chi connectivity index (χ3v) is 2.57. The van der Waals surface area contributed by atoms with Crippen LogP contribution in [0.25, 0.3) is 0 Å². The number of hydrogen-bond donors (Lipinski definition) is 3. The van der Waals surface area contributed by atoms with Crippen LogP contribution in [0.4, 0.5) is 5.69 Å². The van der Waals surface area contributed by atoms with Crippen molar-refractivity contribution in [2.24, 2.45) is 0 Å². The standard InChI is InChI=1S/C11H15NO5/c1-7-6-8(12(16)17)2-3-9(7)11(15)10(14)4-5-13/h2-3,6,10-11,13-15H,4-5H2,1H3. The molecule has 0 bridgehead atoms. The Morgan fingerprint density at radius 2 is 2.06 bits per heavy atom. The first-order chi connectivity index (χ1) is 7.97. The average molecular weight is 241 g/mol. The van der Waals surface area contributed by atoms with Crippen molar-refractivity contribution in [3.63, 3.8) is 0 Å². The van der Waals surface area contributed by atoms with Crippen LogP contribution in [0.1, 0.15) is 23.7 Å². The van der Waals surface area contributed by atoms with Gasteiger partial charge in [-0.25, -0.2) is 0 Å². The quantitative estimate of drug-likeness (QED) is 0.519. The first kappa shape index (κ1) is 13.6. The molecule has 6 heteroatoms. The van der Waals surface area contributed by atoms with E-state index in [-0.39, 0.29) is 18.7 Å². The molecule has 94 valence electrons. The normalized spacial score (nSPS) is 14.4. The summed E-state index contributed by atoms with van der Waals surface area (Å²) in [5.41, 5.74) is 0.898. The van der Waals surface area contributed by atoms with E-state index in [1.165, 1.54) is 18.2 Å². The van der Waals surface area contributed by atoms with E-state index in [0.29, 0.717) is 11.1 Å². The van der Waals surface area contributed by atoms with Gasteiger partial charge in [0.2, 0.25) is 0 Å². The fraction of sp³-hybridized carbons (Fsp3) is 0.455. The van der Waals surface area contributed by atoms with E-state index in [2.05, 4.69) is 0 Å². The summed E-state index contributed by atoms with van der Waals surface area (Å²) >= 11 is 0. The lowest BCUT2D eigenvalue weighted by molar-refractivity contribution is -0.384. The predicted molar refractivity (Wildman–Crippen MR) is 60.5 cm³/mol. The average Bonchev–Trinajstić information content (AvgIpc) is 2.28. The molecule has 0 saturated carbocycles. The second kappa shape index (κ2) is 5.72. The van der Waals surface area contributed by atoms with Crippen molar-refractivity contribution < 1.29 is 20.2 Å². The van der Waals surface area contributed by atoms with E-state index >= 15 is 0 Å². The summed E-state index contributed by atoms with van der Waals surface area (Å²) in [6.45, 7) is 1.39. The highest BCUT2D eigenvalue weighted by atomic mass is 16.6. The number of aryl methyl sites for hydroxylation is 1. The molecule has 0 aliphatic rings. The van der Waals surface area contributed by atoms with Crippen molar-refractivity contribution in [3.8, 4) is 0 Å². The fourth-order valence-electron chi connectivity index (χ4n) is 1.60. The van der Waals surface area contributed by atoms with Gasteiger partial charge in [0.15, 0.2) is 0 Å². The number of aliphatic hydroxyl groups is 3. The van der Waals surface area contributed by atoms with Crippen molar-refractivity contribution in [1.82, 2.24) is 0 Å². The van der Waals surface area contributed by atoms with Gasteiger partial charge in [-0.3, -0.25) is 10.1 Å². The first-order valence-corrected chi connectivity index (χ1v) is 5.19. The lowest BCUT2D eigenvalue weighted by Crippen LogP contribution is -2.20. The minimum absolute atomic E-state index is 0.0532. The Labute approximate surface area is 98.3 Å². The molecule has 0 fully saturated rings. The van der Waals surface area contributed by atoms with E-state index in [1.807, 2.05) is 0 Å². The number of aliphatic hydroxyl groups excluding tert-OH is 3. The molecule has 2 atom stereocenters. The van der Waals surface area contributed by atoms with E-state index in [0.717, 1.165) is 0 Å². The number of rotatable bonds is 5. The lowest BCUT2D eigenvalue weighted by atomic mass is 9.97. The molecule has 1 rings (SSSR count). The maximum atomic E-state index is 10.5. The van der Waals surface area contributed by atoms with Crippen LogP contribution in [0, 0.1) is 17.0 Å². The van der Waals surface area contributed by atoms with Crippen molar-refractivity contribution in [3.05, 3.63) is 39.4 Å². The third-order valence-electron chi connectivity index (χ3n) is 2.57. The Kier molecular flexibility index (Phi) is 4.56. The monoisotopic (exact) mass is 241 g/mol. The number of nitro groups is 1. The van der Waals surface area contributed by atoms with Crippen LogP contribution in [0.2, 0.25) is 0 Å². The van der Waals surface area contributed by atoms with E-state index in [9.17, 15) is 20.3 Å². The molecular weight excluding hydrogens is 226 g/mol. The Bertz CT molecular complexity index is 407. The lowest BCUT2D eigenvalue weighted by Gasteiger charge is -2.18. The molecule has 1 aromatic rings. The topological polar surface area (TPSA) is 104 Å². The smallest absolute Gasteiger partial charge is 0.269 e. The van der Waals surface area contributed by atoms with Gasteiger partial charge in [-0.1, -0.05) is 0 Å². The van der Waals surface area contributed by atoms with E-state index < -0.39 is 17.1 Å². The van der Waals surface area contributed by atoms with Crippen LogP contribution in [-0.2, 0) is 0 Å². The fourth-order valence-corrected chi connectivity index (χ4v) is 1.60. The van der Waals surface area contributed by atoms with Crippen LogP contribution in [0.5, 0.6) is 0 Å². The maximum absolute atomic E-state index is 10.5. The second-order valence-corrected chi connectivity index (χ2v) is 3.82. The SMILES string of the molecule is Cc1cc([N+](=O)[O-])ccc1C(O)C(O)CCO. The van der Waals surface area contributed by atoms with Gasteiger partial charge in [-0.2, -0.15) is 0 Å². The van der Waals surface area contributed by atoms with Crippen LogP contribution in [0.3, 0.4) is 0 Å². The molecule has 0 aromatic heterocycles. The minimum Gasteiger partial charge on any atom is -0.396 e. The van der Waals surface area contributed by atoms with Gasteiger partial charge in [0.25, 0.3) is 5.69 Å². The van der Waals surface area contributed by atoms with Crippen LogP contribution >= 0.6 is 0 Å². The van der Waals surface area contributed by atoms with Gasteiger partial charge in [0, 0.05) is 18.7 Å². The van der Waals surface area contributed by atoms with E-state index in [1.54, 1.807) is 6.92 Å². The number of nitro benzene ring substituents is 1. The van der Waals surface area contributed by atoms with Gasteiger partial charge < -0.3 is 15.3 Å². The molecule has 0 heterocycles. The van der Waals surface area contributed by atoms with Crippen LogP contribution < -0.4 is 0 Å². The van der Waals surface area contributed by atoms with Crippen molar-refractivity contribution in [2.75, 3.05) is 6.61 Å². The summed E-state index contributed by atoms with van der Waals surface area (Å²) < 4.78 is 0. The van der Waals surface area contributed by atoms with Gasteiger partial charge >= 0.3 is 0 Å². The highest BCUT2D eigenvalue weighted by molar-refractivity contribution is 5.40. The zero-order chi connectivity index (χ0) is 13.0. The number of non-ortho nitro benzene ring substituents is 1. The molecule has 6 nitrogen and oxygen atoms in total. The number of nitrogens with zero attached hydrogens (tertiary/aromatic N) is 1. The third kappa shape index (κ3) is 3.23. The summed E-state index contributed by atoms with van der Waals surface area (Å²) in [5, 5.41) is 38.5. The van der Waals surface area contributed by atoms with Crippen LogP contribution in [-0.4, -0.2) is 33.0 Å². The number of benzene rings is 1. The molecule has 0 saturated heterocycles. The molecule has 1 aromatic carbocycles. The molecule has 0 amide bonds. The Balaban J connectivity index is 2.95. The summed E-state index contributed by atoms with van der Waals surface area (Å²) in [6, 6.07) is 4.03. The molecule has 3 N–H and O–H groups in total. The van der Waals surface area contributed by atoms with Gasteiger partial charge in [-0.05, 0) is 30.5 Å². The predicted octanol–water partition coefficient (Wildman–Crippen LogP) is 0.680. The van der Waals surface area contributed by atoms with Gasteiger partial charge in [-0.15, -0.1) is 0 Å². The molecule has 0 aliphatic carbocycles. The summed E-state index contributed by atoms with van der Waals surface area (Å²) in [5.74, 6) is 0. The highest BCUT2D eigenvalue weighted by Gasteiger charge is 2.20. The summed E-state index contributed by atoms with van der Waals surface area (Å²) in [7, 11) is 0. The summed E-state index contributed by atoms with van der Waals surface area (Å²) in [6.07, 6.45) is -2.18. The molecule has 0 radical (unpaired) electrons. The largest absolute Gasteiger partial charge is 0.396 e. The molecular formula is C11H15NO5. The Morgan fingerprint density at radius 3 is 2.53 bits per heavy atom. The molecule has 0 spiro atoms. The van der Waals surface area contributed by atoms with E-state index in [4.69, 9.17) is 5.11 Å². The highest BCUT2D eigenvalue weighted by Crippen LogP contribution is 2.25. The minimum atomic E-state index is -1.15. The van der Waals surface area contributed by atoms with Crippen molar-refractivity contribution in [1.29, 1.82) is 0 Å². The van der Waals surface area contributed by atoms with Crippen molar-refractivity contribution in [2.45, 2.75) is 25.6 Å². The Morgan fingerprint density at radius 1 is 1.41 bits per heavy atom. The molecule has 2 unspecified atom stereocenters.